The zero-order valence-corrected chi connectivity index (χ0v) is 8.63. The Morgan fingerprint density at radius 1 is 1.79 bits per heavy atom. The highest BCUT2D eigenvalue weighted by atomic mass is 32.2. The van der Waals surface area contributed by atoms with Gasteiger partial charge in [-0.25, -0.2) is 4.79 Å². The molecule has 0 aliphatic carbocycles. The SMILES string of the molecule is CSCCCNc1nc(C(=O)O)co1. The molecule has 0 spiro atoms. The summed E-state index contributed by atoms with van der Waals surface area (Å²) in [6, 6.07) is 0.267. The summed E-state index contributed by atoms with van der Waals surface area (Å²) >= 11 is 1.76. The lowest BCUT2D eigenvalue weighted by Crippen LogP contribution is -2.03. The summed E-state index contributed by atoms with van der Waals surface area (Å²) in [7, 11) is 0. The topological polar surface area (TPSA) is 75.4 Å². The number of oxazole rings is 1. The smallest absolute Gasteiger partial charge is 0.357 e. The number of nitrogens with zero attached hydrogens (tertiary/aromatic N) is 1. The average Bonchev–Trinajstić information content (AvgIpc) is 2.61. The number of carboxylic acid groups (broad SMARTS) is 1. The van der Waals surface area contributed by atoms with Crippen LogP contribution in [-0.4, -0.2) is 34.6 Å². The maximum atomic E-state index is 10.4. The van der Waals surface area contributed by atoms with Gasteiger partial charge in [-0.3, -0.25) is 0 Å². The van der Waals surface area contributed by atoms with Crippen molar-refractivity contribution in [1.82, 2.24) is 4.98 Å². The Labute approximate surface area is 85.9 Å². The largest absolute Gasteiger partial charge is 0.476 e. The Kier molecular flexibility index (Phi) is 4.31. The number of hydrogen-bond donors (Lipinski definition) is 2. The van der Waals surface area contributed by atoms with Crippen LogP contribution in [-0.2, 0) is 0 Å². The molecule has 0 bridgehead atoms. The first kappa shape index (κ1) is 10.9. The van der Waals surface area contributed by atoms with Crippen molar-refractivity contribution in [1.29, 1.82) is 0 Å². The lowest BCUT2D eigenvalue weighted by Gasteiger charge is -1.98. The molecule has 1 aromatic heterocycles. The molecule has 0 aliphatic heterocycles. The number of aromatic carboxylic acids is 1. The zero-order chi connectivity index (χ0) is 10.4. The predicted octanol–water partition coefficient (Wildman–Crippen LogP) is 1.54. The van der Waals surface area contributed by atoms with Gasteiger partial charge in [-0.2, -0.15) is 16.7 Å². The normalized spacial score (nSPS) is 10.1. The van der Waals surface area contributed by atoms with Crippen molar-refractivity contribution in [3.05, 3.63) is 12.0 Å². The number of rotatable bonds is 6. The van der Waals surface area contributed by atoms with Crippen LogP contribution in [0.25, 0.3) is 0 Å². The summed E-state index contributed by atoms with van der Waals surface area (Å²) in [4.78, 5) is 14.2. The minimum absolute atomic E-state index is 0.0719. The van der Waals surface area contributed by atoms with Gasteiger partial charge in [0, 0.05) is 6.54 Å². The highest BCUT2D eigenvalue weighted by Crippen LogP contribution is 2.07. The third-order valence-electron chi connectivity index (χ3n) is 1.52. The van der Waals surface area contributed by atoms with Crippen LogP contribution >= 0.6 is 11.8 Å². The molecule has 0 amide bonds. The van der Waals surface area contributed by atoms with Crippen LogP contribution in [0.1, 0.15) is 16.9 Å². The van der Waals surface area contributed by atoms with Crippen LogP contribution in [0.5, 0.6) is 0 Å². The van der Waals surface area contributed by atoms with E-state index in [0.29, 0.717) is 0 Å². The number of carboxylic acids is 1. The van der Waals surface area contributed by atoms with Gasteiger partial charge in [0.2, 0.25) is 0 Å². The third kappa shape index (κ3) is 3.29. The van der Waals surface area contributed by atoms with Gasteiger partial charge in [0.15, 0.2) is 5.69 Å². The molecule has 14 heavy (non-hydrogen) atoms. The monoisotopic (exact) mass is 216 g/mol. The van der Waals surface area contributed by atoms with E-state index in [0.717, 1.165) is 25.0 Å². The summed E-state index contributed by atoms with van der Waals surface area (Å²) in [6.45, 7) is 0.737. The minimum Gasteiger partial charge on any atom is -0.476 e. The Bertz CT molecular complexity index is 301. The van der Waals surface area contributed by atoms with E-state index in [4.69, 9.17) is 9.52 Å². The molecular formula is C8H12N2O3S. The molecule has 1 heterocycles. The Hall–Kier alpha value is -1.17. The van der Waals surface area contributed by atoms with Crippen LogP contribution in [0.15, 0.2) is 10.7 Å². The number of anilines is 1. The Balaban J connectivity index is 2.33. The summed E-state index contributed by atoms with van der Waals surface area (Å²) in [6.07, 6.45) is 4.15. The molecule has 2 N–H and O–H groups in total. The van der Waals surface area contributed by atoms with E-state index in [9.17, 15) is 4.79 Å². The molecule has 5 nitrogen and oxygen atoms in total. The van der Waals surface area contributed by atoms with E-state index in [-0.39, 0.29) is 11.7 Å². The van der Waals surface area contributed by atoms with Crippen LogP contribution < -0.4 is 5.32 Å². The molecule has 1 aromatic rings. The fourth-order valence-corrected chi connectivity index (χ4v) is 1.30. The van der Waals surface area contributed by atoms with Gasteiger partial charge < -0.3 is 14.8 Å². The van der Waals surface area contributed by atoms with Gasteiger partial charge in [-0.1, -0.05) is 0 Å². The first-order valence-corrected chi connectivity index (χ1v) is 5.55. The van der Waals surface area contributed by atoms with Gasteiger partial charge in [0.1, 0.15) is 6.26 Å². The van der Waals surface area contributed by atoms with Crippen molar-refractivity contribution in [3.63, 3.8) is 0 Å². The molecule has 0 saturated heterocycles. The molecule has 0 saturated carbocycles. The maximum Gasteiger partial charge on any atom is 0.357 e. The Morgan fingerprint density at radius 2 is 2.57 bits per heavy atom. The van der Waals surface area contributed by atoms with Crippen molar-refractivity contribution in [2.24, 2.45) is 0 Å². The number of hydrogen-bond acceptors (Lipinski definition) is 5. The molecule has 6 heteroatoms. The fourth-order valence-electron chi connectivity index (χ4n) is 0.865. The van der Waals surface area contributed by atoms with E-state index in [1.807, 2.05) is 6.26 Å². The lowest BCUT2D eigenvalue weighted by atomic mass is 10.5. The number of carbonyl (C=O) groups is 1. The summed E-state index contributed by atoms with van der Waals surface area (Å²) in [5.41, 5.74) is -0.0719. The number of nitrogens with one attached hydrogen (secondary N) is 1. The van der Waals surface area contributed by atoms with Gasteiger partial charge in [0.25, 0.3) is 6.01 Å². The molecule has 0 fully saturated rings. The van der Waals surface area contributed by atoms with Crippen LogP contribution in [0.4, 0.5) is 6.01 Å². The summed E-state index contributed by atoms with van der Waals surface area (Å²) in [5.74, 6) is -0.0228. The standard InChI is InChI=1S/C8H12N2O3S/c1-14-4-2-3-9-8-10-6(5-13-8)7(11)12/h5H,2-4H2,1H3,(H,9,10)(H,11,12). The zero-order valence-electron chi connectivity index (χ0n) is 7.82. The van der Waals surface area contributed by atoms with Crippen molar-refractivity contribution >= 4 is 23.7 Å². The minimum atomic E-state index is -1.08. The van der Waals surface area contributed by atoms with Crippen LogP contribution in [0.2, 0.25) is 0 Å². The van der Waals surface area contributed by atoms with E-state index in [2.05, 4.69) is 10.3 Å². The van der Waals surface area contributed by atoms with E-state index in [1.165, 1.54) is 0 Å². The lowest BCUT2D eigenvalue weighted by molar-refractivity contribution is 0.0690. The first-order chi connectivity index (χ1) is 6.74. The third-order valence-corrected chi connectivity index (χ3v) is 2.22. The molecule has 0 radical (unpaired) electrons. The molecule has 0 aliphatic rings. The van der Waals surface area contributed by atoms with E-state index >= 15 is 0 Å². The van der Waals surface area contributed by atoms with Gasteiger partial charge in [0.05, 0.1) is 0 Å². The highest BCUT2D eigenvalue weighted by molar-refractivity contribution is 7.98. The second-order valence-electron chi connectivity index (χ2n) is 2.62. The van der Waals surface area contributed by atoms with E-state index < -0.39 is 5.97 Å². The molecular weight excluding hydrogens is 204 g/mol. The first-order valence-electron chi connectivity index (χ1n) is 4.15. The van der Waals surface area contributed by atoms with Crippen LogP contribution in [0.3, 0.4) is 0 Å². The summed E-state index contributed by atoms with van der Waals surface area (Å²) < 4.78 is 4.90. The number of aromatic nitrogens is 1. The second kappa shape index (κ2) is 5.54. The van der Waals surface area contributed by atoms with Gasteiger partial charge in [-0.15, -0.1) is 0 Å². The van der Waals surface area contributed by atoms with Crippen molar-refractivity contribution in [2.45, 2.75) is 6.42 Å². The number of thioether (sulfide) groups is 1. The van der Waals surface area contributed by atoms with Crippen molar-refractivity contribution in [2.75, 3.05) is 23.9 Å². The van der Waals surface area contributed by atoms with Crippen molar-refractivity contribution < 1.29 is 14.3 Å². The quantitative estimate of drug-likeness (QED) is 0.702. The molecule has 0 aromatic carbocycles. The second-order valence-corrected chi connectivity index (χ2v) is 3.60. The van der Waals surface area contributed by atoms with E-state index in [1.54, 1.807) is 11.8 Å². The van der Waals surface area contributed by atoms with Crippen LogP contribution in [0, 0.1) is 0 Å². The molecule has 0 atom stereocenters. The molecule has 1 rings (SSSR count). The van der Waals surface area contributed by atoms with Crippen molar-refractivity contribution in [3.8, 4) is 0 Å². The van der Waals surface area contributed by atoms with Gasteiger partial charge >= 0.3 is 5.97 Å². The van der Waals surface area contributed by atoms with Gasteiger partial charge in [-0.05, 0) is 18.4 Å². The Morgan fingerprint density at radius 3 is 3.14 bits per heavy atom. The molecule has 0 unspecified atom stereocenters. The average molecular weight is 216 g/mol. The molecule has 78 valence electrons. The predicted molar refractivity (Wildman–Crippen MR) is 55.0 cm³/mol. The summed E-state index contributed by atoms with van der Waals surface area (Å²) in [5, 5.41) is 11.5. The fraction of sp³-hybridized carbons (Fsp3) is 0.500. The highest BCUT2D eigenvalue weighted by Gasteiger charge is 2.09. The maximum absolute atomic E-state index is 10.4.